The monoisotopic (exact) mass is 368 g/mol. The Labute approximate surface area is 151 Å². The molecule has 0 aliphatic rings. The Hall–Kier alpha value is -3.55. The highest BCUT2D eigenvalue weighted by molar-refractivity contribution is 5.80. The van der Waals surface area contributed by atoms with Crippen molar-refractivity contribution in [2.75, 3.05) is 0 Å². The number of alkyl halides is 3. The molecule has 27 heavy (non-hydrogen) atoms. The largest absolute Gasteiger partial charge is 0.437 e. The van der Waals surface area contributed by atoms with Crippen LogP contribution in [0.1, 0.15) is 5.56 Å². The maximum atomic E-state index is 12.7. The van der Waals surface area contributed by atoms with E-state index in [0.29, 0.717) is 28.0 Å². The van der Waals surface area contributed by atoms with Crippen molar-refractivity contribution in [2.24, 2.45) is 0 Å². The molecular weight excluding hydrogens is 357 g/mol. The second-order valence-corrected chi connectivity index (χ2v) is 5.60. The number of fused-ring (bicyclic) bond motifs is 1. The van der Waals surface area contributed by atoms with Crippen LogP contribution in [0.25, 0.3) is 22.3 Å². The van der Waals surface area contributed by atoms with E-state index in [1.54, 1.807) is 30.6 Å². The maximum absolute atomic E-state index is 12.7. The van der Waals surface area contributed by atoms with Crippen molar-refractivity contribution in [2.45, 2.75) is 6.18 Å². The van der Waals surface area contributed by atoms with Crippen molar-refractivity contribution in [1.82, 2.24) is 19.9 Å². The molecule has 2 heterocycles. The van der Waals surface area contributed by atoms with Gasteiger partial charge < -0.3 is 4.74 Å². The first-order valence-corrected chi connectivity index (χ1v) is 7.88. The molecule has 0 atom stereocenters. The molecule has 0 unspecified atom stereocenters. The molecule has 8 heteroatoms. The van der Waals surface area contributed by atoms with Crippen molar-refractivity contribution in [3.05, 3.63) is 72.8 Å². The Morgan fingerprint density at radius 2 is 1.59 bits per heavy atom. The summed E-state index contributed by atoms with van der Waals surface area (Å²) in [7, 11) is 0. The van der Waals surface area contributed by atoms with Gasteiger partial charge in [0.1, 0.15) is 11.8 Å². The molecule has 4 rings (SSSR count). The molecule has 0 amide bonds. The van der Waals surface area contributed by atoms with E-state index in [1.807, 2.05) is 6.07 Å². The van der Waals surface area contributed by atoms with Crippen LogP contribution < -0.4 is 4.74 Å². The van der Waals surface area contributed by atoms with E-state index in [1.165, 1.54) is 18.5 Å². The lowest BCUT2D eigenvalue weighted by molar-refractivity contribution is -0.137. The van der Waals surface area contributed by atoms with Gasteiger partial charge in [0.2, 0.25) is 5.88 Å². The topological polar surface area (TPSA) is 60.8 Å². The third kappa shape index (κ3) is 3.55. The van der Waals surface area contributed by atoms with Crippen molar-refractivity contribution in [3.8, 4) is 22.9 Å². The van der Waals surface area contributed by atoms with Crippen LogP contribution in [0.4, 0.5) is 13.2 Å². The number of halogens is 3. The smallest absolute Gasteiger partial charge is 0.416 e. The molecule has 0 N–H and O–H groups in total. The minimum absolute atomic E-state index is 0.248. The number of para-hydroxylation sites is 1. The highest BCUT2D eigenvalue weighted by Crippen LogP contribution is 2.32. The normalized spacial score (nSPS) is 11.5. The zero-order chi connectivity index (χ0) is 18.9. The summed E-state index contributed by atoms with van der Waals surface area (Å²) < 4.78 is 43.9. The lowest BCUT2D eigenvalue weighted by Crippen LogP contribution is -2.04. The molecule has 0 aliphatic heterocycles. The number of hydrogen-bond donors (Lipinski definition) is 0. The summed E-state index contributed by atoms with van der Waals surface area (Å²) in [6.07, 6.45) is 0.0509. The van der Waals surface area contributed by atoms with Gasteiger partial charge >= 0.3 is 6.18 Å². The van der Waals surface area contributed by atoms with E-state index < -0.39 is 11.7 Å². The zero-order valence-corrected chi connectivity index (χ0v) is 13.7. The molecule has 0 aliphatic carbocycles. The Bertz CT molecular complexity index is 1090. The third-order valence-corrected chi connectivity index (χ3v) is 3.83. The third-order valence-electron chi connectivity index (χ3n) is 3.83. The number of benzene rings is 2. The highest BCUT2D eigenvalue weighted by atomic mass is 19.4. The predicted octanol–water partition coefficient (Wildman–Crippen LogP) is 4.90. The SMILES string of the molecule is FC(F)(F)c1ccc(-c2cc(Oc3cccc4nccnc34)ncn2)cc1. The van der Waals surface area contributed by atoms with Gasteiger partial charge in [-0.3, -0.25) is 4.98 Å². The fraction of sp³-hybridized carbons (Fsp3) is 0.0526. The molecule has 2 aromatic heterocycles. The summed E-state index contributed by atoms with van der Waals surface area (Å²) in [6, 6.07) is 11.6. The second kappa shape index (κ2) is 6.64. The fourth-order valence-corrected chi connectivity index (χ4v) is 2.54. The van der Waals surface area contributed by atoms with Gasteiger partial charge in [-0.1, -0.05) is 18.2 Å². The first-order chi connectivity index (χ1) is 13.0. The highest BCUT2D eigenvalue weighted by Gasteiger charge is 2.30. The van der Waals surface area contributed by atoms with Crippen LogP contribution in [0, 0.1) is 0 Å². The summed E-state index contributed by atoms with van der Waals surface area (Å²) in [5.74, 6) is 0.718. The van der Waals surface area contributed by atoms with Crippen LogP contribution in [0.2, 0.25) is 0 Å². The minimum atomic E-state index is -4.38. The summed E-state index contributed by atoms with van der Waals surface area (Å²) >= 11 is 0. The quantitative estimate of drug-likeness (QED) is 0.515. The van der Waals surface area contributed by atoms with Gasteiger partial charge in [0.25, 0.3) is 0 Å². The van der Waals surface area contributed by atoms with Gasteiger partial charge in [-0.05, 0) is 24.3 Å². The number of rotatable bonds is 3. The van der Waals surface area contributed by atoms with Gasteiger partial charge in [-0.25, -0.2) is 15.0 Å². The molecule has 0 fully saturated rings. The Balaban J connectivity index is 1.65. The van der Waals surface area contributed by atoms with Crippen LogP contribution >= 0.6 is 0 Å². The van der Waals surface area contributed by atoms with Gasteiger partial charge in [0.05, 0.1) is 16.8 Å². The summed E-state index contributed by atoms with van der Waals surface area (Å²) in [6.45, 7) is 0. The molecule has 0 spiro atoms. The van der Waals surface area contributed by atoms with E-state index in [0.717, 1.165) is 12.1 Å². The van der Waals surface area contributed by atoms with E-state index in [4.69, 9.17) is 4.74 Å². The number of aromatic nitrogens is 4. The van der Waals surface area contributed by atoms with Crippen molar-refractivity contribution in [3.63, 3.8) is 0 Å². The lowest BCUT2D eigenvalue weighted by atomic mass is 10.1. The molecule has 0 bridgehead atoms. The molecule has 2 aromatic carbocycles. The molecule has 5 nitrogen and oxygen atoms in total. The average Bonchev–Trinajstić information content (AvgIpc) is 2.68. The van der Waals surface area contributed by atoms with Gasteiger partial charge in [0.15, 0.2) is 5.75 Å². The van der Waals surface area contributed by atoms with E-state index >= 15 is 0 Å². The fourth-order valence-electron chi connectivity index (χ4n) is 2.54. The Kier molecular flexibility index (Phi) is 4.15. The van der Waals surface area contributed by atoms with Crippen molar-refractivity contribution < 1.29 is 17.9 Å². The molecular formula is C19H11F3N4O. The summed E-state index contributed by atoms with van der Waals surface area (Å²) in [5.41, 5.74) is 1.50. The lowest BCUT2D eigenvalue weighted by Gasteiger charge is -2.09. The maximum Gasteiger partial charge on any atom is 0.416 e. The van der Waals surface area contributed by atoms with Gasteiger partial charge in [-0.15, -0.1) is 0 Å². The van der Waals surface area contributed by atoms with Crippen LogP contribution in [0.3, 0.4) is 0 Å². The van der Waals surface area contributed by atoms with Crippen LogP contribution in [-0.4, -0.2) is 19.9 Å². The Morgan fingerprint density at radius 1 is 0.815 bits per heavy atom. The van der Waals surface area contributed by atoms with Crippen LogP contribution in [-0.2, 0) is 6.18 Å². The van der Waals surface area contributed by atoms with E-state index in [9.17, 15) is 13.2 Å². The summed E-state index contributed by atoms with van der Waals surface area (Å²) in [4.78, 5) is 16.6. The Morgan fingerprint density at radius 3 is 2.37 bits per heavy atom. The van der Waals surface area contributed by atoms with Gasteiger partial charge in [0, 0.05) is 24.0 Å². The predicted molar refractivity (Wildman–Crippen MR) is 92.1 cm³/mol. The molecule has 4 aromatic rings. The second-order valence-electron chi connectivity index (χ2n) is 5.60. The van der Waals surface area contributed by atoms with Gasteiger partial charge in [-0.2, -0.15) is 13.2 Å². The average molecular weight is 368 g/mol. The standard InChI is InChI=1S/C19H11F3N4O/c20-19(21,22)13-6-4-12(5-7-13)15-10-17(26-11-25-15)27-16-3-1-2-14-18(16)24-9-8-23-14/h1-11H. The molecule has 0 saturated carbocycles. The minimum Gasteiger partial charge on any atom is -0.437 e. The molecule has 0 saturated heterocycles. The van der Waals surface area contributed by atoms with Crippen LogP contribution in [0.15, 0.2) is 67.3 Å². The first-order valence-electron chi connectivity index (χ1n) is 7.88. The van der Waals surface area contributed by atoms with E-state index in [2.05, 4.69) is 19.9 Å². The molecule has 134 valence electrons. The number of hydrogen-bond acceptors (Lipinski definition) is 5. The van der Waals surface area contributed by atoms with Crippen LogP contribution in [0.5, 0.6) is 11.6 Å². The summed E-state index contributed by atoms with van der Waals surface area (Å²) in [5, 5.41) is 0. The number of ether oxygens (including phenoxy) is 1. The van der Waals surface area contributed by atoms with Crippen molar-refractivity contribution >= 4 is 11.0 Å². The first kappa shape index (κ1) is 16.9. The van der Waals surface area contributed by atoms with Crippen molar-refractivity contribution in [1.29, 1.82) is 0 Å². The zero-order valence-electron chi connectivity index (χ0n) is 13.7. The van der Waals surface area contributed by atoms with E-state index in [-0.39, 0.29) is 5.88 Å². The number of nitrogens with zero attached hydrogens (tertiary/aromatic N) is 4. The molecule has 0 radical (unpaired) electrons.